The van der Waals surface area contributed by atoms with E-state index >= 15 is 0 Å². The molecule has 8 heteroatoms. The molecule has 8 nitrogen and oxygen atoms in total. The smallest absolute Gasteiger partial charge is 0.257 e. The number of rotatable bonds is 5. The third-order valence-electron chi connectivity index (χ3n) is 2.89. The molecule has 0 bridgehead atoms. The molecular formula is C13H15N7O. The van der Waals surface area contributed by atoms with Crippen LogP contribution in [-0.4, -0.2) is 38.8 Å². The van der Waals surface area contributed by atoms with E-state index in [2.05, 4.69) is 25.4 Å². The summed E-state index contributed by atoms with van der Waals surface area (Å²) in [6, 6.07) is 3.72. The van der Waals surface area contributed by atoms with Gasteiger partial charge in [0.25, 0.3) is 5.95 Å². The molecule has 3 aromatic rings. The summed E-state index contributed by atoms with van der Waals surface area (Å²) in [4.78, 5) is 15.0. The fourth-order valence-electron chi connectivity index (χ4n) is 1.85. The molecule has 1 N–H and O–H groups in total. The first-order valence-electron chi connectivity index (χ1n) is 6.42. The van der Waals surface area contributed by atoms with Gasteiger partial charge in [-0.1, -0.05) is 0 Å². The van der Waals surface area contributed by atoms with Crippen LogP contribution in [0.2, 0.25) is 0 Å². The van der Waals surface area contributed by atoms with Crippen molar-refractivity contribution in [3.63, 3.8) is 0 Å². The highest BCUT2D eigenvalue weighted by atomic mass is 16.3. The van der Waals surface area contributed by atoms with Crippen molar-refractivity contribution in [2.24, 2.45) is 0 Å². The van der Waals surface area contributed by atoms with Crippen LogP contribution in [-0.2, 0) is 6.54 Å². The first kappa shape index (κ1) is 13.1. The van der Waals surface area contributed by atoms with Crippen LogP contribution in [0.5, 0.6) is 0 Å². The first-order chi connectivity index (χ1) is 10.3. The van der Waals surface area contributed by atoms with Gasteiger partial charge in [0.2, 0.25) is 11.9 Å². The van der Waals surface area contributed by atoms with E-state index in [1.807, 2.05) is 24.1 Å². The van der Waals surface area contributed by atoms with E-state index in [0.29, 0.717) is 24.4 Å². The molecule has 3 aromatic heterocycles. The van der Waals surface area contributed by atoms with Gasteiger partial charge in [0.15, 0.2) is 0 Å². The molecule has 0 saturated carbocycles. The second-order valence-electron chi connectivity index (χ2n) is 4.45. The van der Waals surface area contributed by atoms with Gasteiger partial charge in [-0.25, -0.2) is 4.68 Å². The van der Waals surface area contributed by atoms with E-state index in [-0.39, 0.29) is 0 Å². The van der Waals surface area contributed by atoms with Crippen molar-refractivity contribution >= 4 is 11.9 Å². The van der Waals surface area contributed by atoms with Gasteiger partial charge in [-0.2, -0.15) is 20.1 Å². The molecule has 0 fully saturated rings. The zero-order valence-corrected chi connectivity index (χ0v) is 11.8. The predicted octanol–water partition coefficient (Wildman–Crippen LogP) is 1.33. The molecule has 0 aliphatic carbocycles. The van der Waals surface area contributed by atoms with Gasteiger partial charge in [0.1, 0.15) is 0 Å². The number of anilines is 2. The Bertz CT molecular complexity index is 693. The van der Waals surface area contributed by atoms with Crippen LogP contribution >= 0.6 is 0 Å². The Balaban J connectivity index is 1.92. The lowest BCUT2D eigenvalue weighted by atomic mass is 10.3. The maximum Gasteiger partial charge on any atom is 0.257 e. The van der Waals surface area contributed by atoms with Crippen LogP contribution in [0.3, 0.4) is 0 Å². The molecule has 0 aromatic carbocycles. The van der Waals surface area contributed by atoms with Gasteiger partial charge in [-0.05, 0) is 12.1 Å². The van der Waals surface area contributed by atoms with E-state index in [4.69, 9.17) is 4.42 Å². The van der Waals surface area contributed by atoms with Gasteiger partial charge >= 0.3 is 0 Å². The average Bonchev–Trinajstić information content (AvgIpc) is 3.20. The Hall–Kier alpha value is -2.90. The number of aromatic nitrogens is 5. The van der Waals surface area contributed by atoms with Crippen molar-refractivity contribution < 1.29 is 4.42 Å². The standard InChI is InChI=1S/C13H15N7O/c1-14-11-16-12(19(2)8-10-4-7-21-9-10)18-13(17-11)20-6-3-5-15-20/h3-7,9H,8H2,1-2H3,(H,14,16,17,18). The third-order valence-corrected chi connectivity index (χ3v) is 2.89. The minimum Gasteiger partial charge on any atom is -0.472 e. The second kappa shape index (κ2) is 5.61. The molecule has 3 heterocycles. The highest BCUT2D eigenvalue weighted by molar-refractivity contribution is 5.39. The number of furan rings is 1. The summed E-state index contributed by atoms with van der Waals surface area (Å²) < 4.78 is 6.67. The molecule has 0 spiro atoms. The Morgan fingerprint density at radius 3 is 2.90 bits per heavy atom. The maximum atomic E-state index is 5.07. The largest absolute Gasteiger partial charge is 0.472 e. The summed E-state index contributed by atoms with van der Waals surface area (Å²) >= 11 is 0. The fourth-order valence-corrected chi connectivity index (χ4v) is 1.85. The van der Waals surface area contributed by atoms with Crippen LogP contribution in [0.25, 0.3) is 5.95 Å². The van der Waals surface area contributed by atoms with Crippen molar-refractivity contribution in [1.29, 1.82) is 0 Å². The topological polar surface area (TPSA) is 84.9 Å². The molecule has 108 valence electrons. The fraction of sp³-hybridized carbons (Fsp3) is 0.231. The summed E-state index contributed by atoms with van der Waals surface area (Å²) in [7, 11) is 3.68. The summed E-state index contributed by atoms with van der Waals surface area (Å²) in [5.74, 6) is 1.51. The summed E-state index contributed by atoms with van der Waals surface area (Å²) in [6.45, 7) is 0.641. The Labute approximate surface area is 121 Å². The van der Waals surface area contributed by atoms with Crippen LogP contribution in [0.4, 0.5) is 11.9 Å². The molecule has 0 radical (unpaired) electrons. The molecule has 0 saturated heterocycles. The SMILES string of the molecule is CNc1nc(N(C)Cc2ccoc2)nc(-n2cccn2)n1. The normalized spacial score (nSPS) is 10.6. The van der Waals surface area contributed by atoms with E-state index in [1.165, 1.54) is 0 Å². The van der Waals surface area contributed by atoms with Crippen molar-refractivity contribution in [3.8, 4) is 5.95 Å². The minimum atomic E-state index is 0.466. The van der Waals surface area contributed by atoms with Crippen LogP contribution < -0.4 is 10.2 Å². The van der Waals surface area contributed by atoms with Crippen LogP contribution in [0.1, 0.15) is 5.56 Å². The van der Waals surface area contributed by atoms with Crippen molar-refractivity contribution in [3.05, 3.63) is 42.6 Å². The Kier molecular flexibility index (Phi) is 3.50. The monoisotopic (exact) mass is 285 g/mol. The quantitative estimate of drug-likeness (QED) is 0.756. The van der Waals surface area contributed by atoms with E-state index in [1.54, 1.807) is 36.6 Å². The molecule has 0 unspecified atom stereocenters. The van der Waals surface area contributed by atoms with E-state index in [9.17, 15) is 0 Å². The molecule has 21 heavy (non-hydrogen) atoms. The summed E-state index contributed by atoms with van der Waals surface area (Å²) in [5, 5.41) is 7.08. The van der Waals surface area contributed by atoms with Gasteiger partial charge in [0, 0.05) is 38.6 Å². The van der Waals surface area contributed by atoms with Gasteiger partial charge in [-0.15, -0.1) is 0 Å². The van der Waals surface area contributed by atoms with Crippen molar-refractivity contribution in [1.82, 2.24) is 24.7 Å². The molecule has 0 aliphatic heterocycles. The third kappa shape index (κ3) is 2.83. The number of hydrogen-bond donors (Lipinski definition) is 1. The number of nitrogens with one attached hydrogen (secondary N) is 1. The molecule has 0 amide bonds. The van der Waals surface area contributed by atoms with E-state index < -0.39 is 0 Å². The lowest BCUT2D eigenvalue weighted by Crippen LogP contribution is -2.21. The zero-order valence-electron chi connectivity index (χ0n) is 11.8. The molecule has 0 aliphatic rings. The molecule has 3 rings (SSSR count). The number of nitrogens with zero attached hydrogens (tertiary/aromatic N) is 6. The predicted molar refractivity (Wildman–Crippen MR) is 77.3 cm³/mol. The van der Waals surface area contributed by atoms with Gasteiger partial charge < -0.3 is 14.6 Å². The molecular weight excluding hydrogens is 270 g/mol. The molecule has 0 atom stereocenters. The van der Waals surface area contributed by atoms with E-state index in [0.717, 1.165) is 5.56 Å². The van der Waals surface area contributed by atoms with Crippen molar-refractivity contribution in [2.75, 3.05) is 24.3 Å². The lowest BCUT2D eigenvalue weighted by molar-refractivity contribution is 0.563. The number of hydrogen-bond acceptors (Lipinski definition) is 7. The highest BCUT2D eigenvalue weighted by Gasteiger charge is 2.12. The highest BCUT2D eigenvalue weighted by Crippen LogP contribution is 2.14. The average molecular weight is 285 g/mol. The van der Waals surface area contributed by atoms with Crippen LogP contribution in [0, 0.1) is 0 Å². The second-order valence-corrected chi connectivity index (χ2v) is 4.45. The van der Waals surface area contributed by atoms with Gasteiger partial charge in [-0.3, -0.25) is 0 Å². The minimum absolute atomic E-state index is 0.466. The summed E-state index contributed by atoms with van der Waals surface area (Å²) in [6.07, 6.45) is 6.81. The van der Waals surface area contributed by atoms with Crippen molar-refractivity contribution in [2.45, 2.75) is 6.54 Å². The van der Waals surface area contributed by atoms with Crippen LogP contribution in [0.15, 0.2) is 41.5 Å². The Morgan fingerprint density at radius 1 is 1.33 bits per heavy atom. The first-order valence-corrected chi connectivity index (χ1v) is 6.42. The summed E-state index contributed by atoms with van der Waals surface area (Å²) in [5.41, 5.74) is 1.05. The zero-order chi connectivity index (χ0) is 14.7. The lowest BCUT2D eigenvalue weighted by Gasteiger charge is -2.17. The Morgan fingerprint density at radius 2 is 2.24 bits per heavy atom. The van der Waals surface area contributed by atoms with Gasteiger partial charge in [0.05, 0.1) is 12.5 Å². The maximum absolute atomic E-state index is 5.07.